The Kier molecular flexibility index (Phi) is 4.37. The molecule has 0 aromatic heterocycles. The van der Waals surface area contributed by atoms with Gasteiger partial charge in [-0.25, -0.2) is 8.78 Å². The highest BCUT2D eigenvalue weighted by atomic mass is 19.2. The van der Waals surface area contributed by atoms with E-state index in [1.165, 1.54) is 6.07 Å². The van der Waals surface area contributed by atoms with E-state index in [0.717, 1.165) is 12.1 Å². The van der Waals surface area contributed by atoms with Crippen LogP contribution in [0.3, 0.4) is 0 Å². The molecule has 1 atom stereocenters. The van der Waals surface area contributed by atoms with Crippen molar-refractivity contribution in [2.75, 3.05) is 5.32 Å². The first-order valence-corrected chi connectivity index (χ1v) is 4.92. The van der Waals surface area contributed by atoms with Gasteiger partial charge in [-0.1, -0.05) is 0 Å². The quantitative estimate of drug-likeness (QED) is 0.830. The minimum absolute atomic E-state index is 0.136. The van der Waals surface area contributed by atoms with Crippen molar-refractivity contribution in [3.05, 3.63) is 29.8 Å². The van der Waals surface area contributed by atoms with E-state index in [9.17, 15) is 13.6 Å². The molecule has 1 aromatic rings. The van der Waals surface area contributed by atoms with Crippen molar-refractivity contribution in [1.82, 2.24) is 0 Å². The third-order valence-corrected chi connectivity index (χ3v) is 1.99. The van der Waals surface area contributed by atoms with Crippen LogP contribution < -0.4 is 5.32 Å². The van der Waals surface area contributed by atoms with Gasteiger partial charge in [0, 0.05) is 18.2 Å². The lowest BCUT2D eigenvalue weighted by Gasteiger charge is -2.06. The van der Waals surface area contributed by atoms with Crippen LogP contribution in [0.25, 0.3) is 0 Å². The first kappa shape index (κ1) is 12.6. The number of hydrogen-bond donors (Lipinski definition) is 2. The van der Waals surface area contributed by atoms with E-state index in [1.54, 1.807) is 6.92 Å². The molecule has 0 fully saturated rings. The normalized spacial score (nSPS) is 12.2. The number of aliphatic hydroxyl groups is 1. The number of benzene rings is 1. The summed E-state index contributed by atoms with van der Waals surface area (Å²) in [5.41, 5.74) is 0.203. The van der Waals surface area contributed by atoms with Gasteiger partial charge >= 0.3 is 0 Å². The van der Waals surface area contributed by atoms with Gasteiger partial charge in [0.15, 0.2) is 11.6 Å². The number of rotatable bonds is 4. The number of nitrogens with one attached hydrogen (secondary N) is 1. The highest BCUT2D eigenvalue weighted by Crippen LogP contribution is 2.13. The number of carbonyl (C=O) groups is 1. The average Bonchev–Trinajstić information content (AvgIpc) is 2.21. The maximum Gasteiger partial charge on any atom is 0.224 e. The molecule has 16 heavy (non-hydrogen) atoms. The van der Waals surface area contributed by atoms with Crippen LogP contribution in [-0.2, 0) is 4.79 Å². The van der Waals surface area contributed by atoms with Gasteiger partial charge < -0.3 is 10.4 Å². The van der Waals surface area contributed by atoms with Crippen LogP contribution >= 0.6 is 0 Å². The predicted octanol–water partition coefficient (Wildman–Crippen LogP) is 2.06. The summed E-state index contributed by atoms with van der Waals surface area (Å²) in [6.45, 7) is 1.57. The summed E-state index contributed by atoms with van der Waals surface area (Å²) in [5, 5.41) is 11.4. The van der Waals surface area contributed by atoms with Crippen molar-refractivity contribution in [2.24, 2.45) is 0 Å². The Labute approximate surface area is 92.1 Å². The molecule has 2 N–H and O–H groups in total. The Morgan fingerprint density at radius 2 is 2.12 bits per heavy atom. The summed E-state index contributed by atoms with van der Waals surface area (Å²) < 4.78 is 25.3. The number of anilines is 1. The SMILES string of the molecule is CC(O)CCC(=O)Nc1ccc(F)c(F)c1. The van der Waals surface area contributed by atoms with Crippen molar-refractivity contribution in [1.29, 1.82) is 0 Å². The fourth-order valence-corrected chi connectivity index (χ4v) is 1.14. The van der Waals surface area contributed by atoms with E-state index in [-0.39, 0.29) is 18.0 Å². The van der Waals surface area contributed by atoms with Crippen molar-refractivity contribution in [2.45, 2.75) is 25.9 Å². The molecule has 1 aromatic carbocycles. The second kappa shape index (κ2) is 5.55. The smallest absolute Gasteiger partial charge is 0.224 e. The molecule has 88 valence electrons. The molecule has 0 radical (unpaired) electrons. The van der Waals surface area contributed by atoms with Gasteiger partial charge in [0.2, 0.25) is 5.91 Å². The molecule has 0 aliphatic rings. The van der Waals surface area contributed by atoms with Gasteiger partial charge in [0.1, 0.15) is 0 Å². The van der Waals surface area contributed by atoms with E-state index in [2.05, 4.69) is 5.32 Å². The first-order valence-electron chi connectivity index (χ1n) is 4.92. The third-order valence-electron chi connectivity index (χ3n) is 1.99. The van der Waals surface area contributed by atoms with Gasteiger partial charge in [-0.2, -0.15) is 0 Å². The van der Waals surface area contributed by atoms with Crippen LogP contribution in [0.2, 0.25) is 0 Å². The third kappa shape index (κ3) is 3.94. The van der Waals surface area contributed by atoms with Crippen LogP contribution in [0.4, 0.5) is 14.5 Å². The standard InChI is InChI=1S/C11H13F2NO2/c1-7(15)2-5-11(16)14-8-3-4-9(12)10(13)6-8/h3-4,6-7,15H,2,5H2,1H3,(H,14,16). The predicted molar refractivity (Wildman–Crippen MR) is 55.9 cm³/mol. The highest BCUT2D eigenvalue weighted by Gasteiger charge is 2.07. The van der Waals surface area contributed by atoms with E-state index in [4.69, 9.17) is 5.11 Å². The zero-order valence-corrected chi connectivity index (χ0v) is 8.84. The van der Waals surface area contributed by atoms with Gasteiger partial charge in [-0.3, -0.25) is 4.79 Å². The number of halogens is 2. The molecule has 0 saturated carbocycles. The maximum atomic E-state index is 12.8. The van der Waals surface area contributed by atoms with E-state index in [1.807, 2.05) is 0 Å². The van der Waals surface area contributed by atoms with Gasteiger partial charge in [0.25, 0.3) is 0 Å². The van der Waals surface area contributed by atoms with Crippen molar-refractivity contribution in [3.8, 4) is 0 Å². The molecule has 1 rings (SSSR count). The lowest BCUT2D eigenvalue weighted by atomic mass is 10.2. The Bertz CT molecular complexity index is 380. The van der Waals surface area contributed by atoms with Crippen LogP contribution in [0, 0.1) is 11.6 Å². The van der Waals surface area contributed by atoms with E-state index >= 15 is 0 Å². The molecule has 0 spiro atoms. The van der Waals surface area contributed by atoms with Crippen LogP contribution in [0.15, 0.2) is 18.2 Å². The molecule has 1 amide bonds. The molecule has 0 bridgehead atoms. The maximum absolute atomic E-state index is 12.8. The summed E-state index contributed by atoms with van der Waals surface area (Å²) in [7, 11) is 0. The van der Waals surface area contributed by atoms with Crippen molar-refractivity contribution in [3.63, 3.8) is 0 Å². The Morgan fingerprint density at radius 1 is 1.44 bits per heavy atom. The molecule has 0 aliphatic carbocycles. The summed E-state index contributed by atoms with van der Waals surface area (Å²) in [5.74, 6) is -2.30. The van der Waals surface area contributed by atoms with Crippen LogP contribution in [0.5, 0.6) is 0 Å². The number of hydrogen-bond acceptors (Lipinski definition) is 2. The Balaban J connectivity index is 2.53. The highest BCUT2D eigenvalue weighted by molar-refractivity contribution is 5.90. The summed E-state index contributed by atoms with van der Waals surface area (Å²) in [6.07, 6.45) is -0.0951. The van der Waals surface area contributed by atoms with E-state index < -0.39 is 17.7 Å². The minimum atomic E-state index is -1.01. The zero-order valence-electron chi connectivity index (χ0n) is 8.84. The number of amides is 1. The second-order valence-electron chi connectivity index (χ2n) is 3.56. The molecule has 3 nitrogen and oxygen atoms in total. The summed E-state index contributed by atoms with van der Waals surface area (Å²) >= 11 is 0. The molecular formula is C11H13F2NO2. The van der Waals surface area contributed by atoms with Crippen LogP contribution in [-0.4, -0.2) is 17.1 Å². The van der Waals surface area contributed by atoms with Crippen molar-refractivity contribution >= 4 is 11.6 Å². The fraction of sp³-hybridized carbons (Fsp3) is 0.364. The lowest BCUT2D eigenvalue weighted by molar-refractivity contribution is -0.116. The Morgan fingerprint density at radius 3 is 2.69 bits per heavy atom. The molecule has 0 saturated heterocycles. The minimum Gasteiger partial charge on any atom is -0.393 e. The van der Waals surface area contributed by atoms with Gasteiger partial charge in [0.05, 0.1) is 6.10 Å². The molecule has 5 heteroatoms. The second-order valence-corrected chi connectivity index (χ2v) is 3.56. The van der Waals surface area contributed by atoms with E-state index in [0.29, 0.717) is 6.42 Å². The zero-order chi connectivity index (χ0) is 12.1. The van der Waals surface area contributed by atoms with Gasteiger partial charge in [-0.15, -0.1) is 0 Å². The fourth-order valence-electron chi connectivity index (χ4n) is 1.14. The number of aliphatic hydroxyl groups excluding tert-OH is 1. The molecule has 0 aliphatic heterocycles. The topological polar surface area (TPSA) is 49.3 Å². The Hall–Kier alpha value is -1.49. The molecule has 0 heterocycles. The average molecular weight is 229 g/mol. The monoisotopic (exact) mass is 229 g/mol. The van der Waals surface area contributed by atoms with Gasteiger partial charge in [-0.05, 0) is 25.5 Å². The molecular weight excluding hydrogens is 216 g/mol. The molecule has 1 unspecified atom stereocenters. The number of carbonyl (C=O) groups excluding carboxylic acids is 1. The van der Waals surface area contributed by atoms with Crippen molar-refractivity contribution < 1.29 is 18.7 Å². The summed E-state index contributed by atoms with van der Waals surface area (Å²) in [6, 6.07) is 3.13. The summed E-state index contributed by atoms with van der Waals surface area (Å²) in [4.78, 5) is 11.3. The van der Waals surface area contributed by atoms with Crippen LogP contribution in [0.1, 0.15) is 19.8 Å². The lowest BCUT2D eigenvalue weighted by Crippen LogP contribution is -2.14. The largest absolute Gasteiger partial charge is 0.393 e. The first-order chi connectivity index (χ1) is 7.49.